The molecule has 0 amide bonds. The Labute approximate surface area is 104 Å². The van der Waals surface area contributed by atoms with Crippen molar-refractivity contribution in [2.45, 2.75) is 13.3 Å². The largest absolute Gasteiger partial charge is 0.373 e. The molecule has 0 N–H and O–H groups in total. The van der Waals surface area contributed by atoms with Gasteiger partial charge in [-0.3, -0.25) is 4.79 Å². The van der Waals surface area contributed by atoms with Gasteiger partial charge in [-0.2, -0.15) is 5.26 Å². The van der Waals surface area contributed by atoms with E-state index in [0.717, 1.165) is 10.2 Å². The van der Waals surface area contributed by atoms with Crippen LogP contribution in [0.15, 0.2) is 22.7 Å². The van der Waals surface area contributed by atoms with Crippen LogP contribution in [-0.4, -0.2) is 19.4 Å². The Kier molecular flexibility index (Phi) is 4.51. The van der Waals surface area contributed by atoms with Crippen LogP contribution in [0.3, 0.4) is 0 Å². The first-order chi connectivity index (χ1) is 7.56. The molecular weight excluding hydrogens is 268 g/mol. The van der Waals surface area contributed by atoms with Crippen LogP contribution in [0.25, 0.3) is 0 Å². The Morgan fingerprint density at radius 3 is 2.81 bits per heavy atom. The third-order valence-corrected chi connectivity index (χ3v) is 2.80. The van der Waals surface area contributed by atoms with Gasteiger partial charge in [0.25, 0.3) is 0 Å². The van der Waals surface area contributed by atoms with Crippen LogP contribution in [0.2, 0.25) is 0 Å². The highest BCUT2D eigenvalue weighted by atomic mass is 79.9. The summed E-state index contributed by atoms with van der Waals surface area (Å²) in [5.74, 6) is 0.0336. The zero-order chi connectivity index (χ0) is 12.1. The molecule has 0 fully saturated rings. The molecule has 1 rings (SSSR count). The van der Waals surface area contributed by atoms with E-state index in [0.29, 0.717) is 18.5 Å². The Bertz CT molecular complexity index is 437. The molecule has 0 unspecified atom stereocenters. The van der Waals surface area contributed by atoms with Gasteiger partial charge >= 0.3 is 0 Å². The fourth-order valence-corrected chi connectivity index (χ4v) is 1.81. The molecule has 1 aromatic rings. The van der Waals surface area contributed by atoms with Gasteiger partial charge in [0.2, 0.25) is 0 Å². The predicted octanol–water partition coefficient (Wildman–Crippen LogP) is 3.00. The number of hydrogen-bond acceptors (Lipinski definition) is 3. The van der Waals surface area contributed by atoms with E-state index >= 15 is 0 Å². The smallest absolute Gasteiger partial charge is 0.161 e. The summed E-state index contributed by atoms with van der Waals surface area (Å²) in [4.78, 5) is 13.4. The highest BCUT2D eigenvalue weighted by Gasteiger charge is 2.11. The van der Waals surface area contributed by atoms with Crippen molar-refractivity contribution in [3.8, 4) is 6.07 Å². The molecule has 0 bridgehead atoms. The summed E-state index contributed by atoms with van der Waals surface area (Å²) in [5, 5.41) is 8.54. The van der Waals surface area contributed by atoms with E-state index in [2.05, 4.69) is 22.0 Å². The maximum Gasteiger partial charge on any atom is 0.161 e. The van der Waals surface area contributed by atoms with Gasteiger partial charge in [-0.15, -0.1) is 0 Å². The number of halogens is 1. The van der Waals surface area contributed by atoms with Gasteiger partial charge in [0.05, 0.1) is 12.5 Å². The van der Waals surface area contributed by atoms with Gasteiger partial charge in [0.1, 0.15) is 0 Å². The number of hydrogen-bond donors (Lipinski definition) is 0. The standard InChI is InChI=1S/C12H13BrN2O/c1-9(16)11-5-4-10(13)8-12(11)15(2)7-3-6-14/h4-5,8H,3,7H2,1-2H3. The van der Waals surface area contributed by atoms with Crippen molar-refractivity contribution in [2.75, 3.05) is 18.5 Å². The topological polar surface area (TPSA) is 44.1 Å². The zero-order valence-electron chi connectivity index (χ0n) is 9.33. The van der Waals surface area contributed by atoms with Crippen molar-refractivity contribution in [2.24, 2.45) is 0 Å². The number of Topliss-reactive ketones (excluding diaryl/α,β-unsaturated/α-hetero) is 1. The second-order valence-corrected chi connectivity index (χ2v) is 4.46. The average Bonchev–Trinajstić information content (AvgIpc) is 2.25. The third-order valence-electron chi connectivity index (χ3n) is 2.31. The molecule has 16 heavy (non-hydrogen) atoms. The lowest BCUT2D eigenvalue weighted by atomic mass is 10.1. The van der Waals surface area contributed by atoms with Crippen LogP contribution in [0.1, 0.15) is 23.7 Å². The number of nitrogens with zero attached hydrogens (tertiary/aromatic N) is 2. The molecule has 0 aliphatic heterocycles. The van der Waals surface area contributed by atoms with Gasteiger partial charge in [0.15, 0.2) is 5.78 Å². The molecule has 0 aromatic heterocycles. The molecule has 84 valence electrons. The molecule has 0 spiro atoms. The Balaban J connectivity index is 3.05. The SMILES string of the molecule is CC(=O)c1ccc(Br)cc1N(C)CCC#N. The van der Waals surface area contributed by atoms with E-state index in [1.165, 1.54) is 0 Å². The first-order valence-electron chi connectivity index (χ1n) is 4.95. The Morgan fingerprint density at radius 1 is 1.56 bits per heavy atom. The van der Waals surface area contributed by atoms with Crippen molar-refractivity contribution in [1.82, 2.24) is 0 Å². The van der Waals surface area contributed by atoms with E-state index in [-0.39, 0.29) is 5.78 Å². The van der Waals surface area contributed by atoms with Crippen LogP contribution in [-0.2, 0) is 0 Å². The fourth-order valence-electron chi connectivity index (χ4n) is 1.46. The summed E-state index contributed by atoms with van der Waals surface area (Å²) in [6, 6.07) is 7.63. The summed E-state index contributed by atoms with van der Waals surface area (Å²) in [5.41, 5.74) is 1.54. The molecule has 3 nitrogen and oxygen atoms in total. The quantitative estimate of drug-likeness (QED) is 0.797. The lowest BCUT2D eigenvalue weighted by molar-refractivity contribution is 0.101. The summed E-state index contributed by atoms with van der Waals surface area (Å²) < 4.78 is 0.927. The molecular formula is C12H13BrN2O. The Hall–Kier alpha value is -1.34. The van der Waals surface area contributed by atoms with Gasteiger partial charge in [-0.25, -0.2) is 0 Å². The number of nitriles is 1. The van der Waals surface area contributed by atoms with Crippen molar-refractivity contribution < 1.29 is 4.79 Å². The predicted molar refractivity (Wildman–Crippen MR) is 67.6 cm³/mol. The monoisotopic (exact) mass is 280 g/mol. The lowest BCUT2D eigenvalue weighted by Crippen LogP contribution is -2.20. The molecule has 4 heteroatoms. The molecule has 0 radical (unpaired) electrons. The van der Waals surface area contributed by atoms with E-state index in [9.17, 15) is 4.79 Å². The molecule has 0 aliphatic rings. The number of ketones is 1. The average molecular weight is 281 g/mol. The van der Waals surface area contributed by atoms with E-state index in [4.69, 9.17) is 5.26 Å². The fraction of sp³-hybridized carbons (Fsp3) is 0.333. The number of anilines is 1. The summed E-state index contributed by atoms with van der Waals surface area (Å²) in [6.07, 6.45) is 0.445. The molecule has 0 aliphatic carbocycles. The first kappa shape index (κ1) is 12.7. The van der Waals surface area contributed by atoms with Crippen LogP contribution >= 0.6 is 15.9 Å². The van der Waals surface area contributed by atoms with Crippen molar-refractivity contribution in [3.05, 3.63) is 28.2 Å². The number of rotatable bonds is 4. The lowest BCUT2D eigenvalue weighted by Gasteiger charge is -2.20. The number of benzene rings is 1. The van der Waals surface area contributed by atoms with E-state index in [1.807, 2.05) is 24.1 Å². The minimum atomic E-state index is 0.0336. The number of carbonyl (C=O) groups is 1. The minimum Gasteiger partial charge on any atom is -0.373 e. The summed E-state index contributed by atoms with van der Waals surface area (Å²) in [6.45, 7) is 2.16. The normalized spacial score (nSPS) is 9.62. The number of carbonyl (C=O) groups excluding carboxylic acids is 1. The molecule has 0 atom stereocenters. The van der Waals surface area contributed by atoms with Gasteiger partial charge < -0.3 is 4.90 Å². The van der Waals surface area contributed by atoms with Crippen molar-refractivity contribution in [3.63, 3.8) is 0 Å². The molecule has 1 aromatic carbocycles. The third kappa shape index (κ3) is 3.07. The second-order valence-electron chi connectivity index (χ2n) is 3.55. The van der Waals surface area contributed by atoms with Gasteiger partial charge in [-0.1, -0.05) is 15.9 Å². The summed E-state index contributed by atoms with van der Waals surface area (Å²) >= 11 is 3.38. The van der Waals surface area contributed by atoms with Crippen molar-refractivity contribution in [1.29, 1.82) is 5.26 Å². The van der Waals surface area contributed by atoms with Crippen molar-refractivity contribution >= 4 is 27.4 Å². The minimum absolute atomic E-state index is 0.0336. The van der Waals surface area contributed by atoms with E-state index in [1.54, 1.807) is 13.0 Å². The molecule has 0 saturated heterocycles. The first-order valence-corrected chi connectivity index (χ1v) is 5.74. The molecule has 0 heterocycles. The van der Waals surface area contributed by atoms with Crippen LogP contribution in [0.4, 0.5) is 5.69 Å². The maximum atomic E-state index is 11.4. The van der Waals surface area contributed by atoms with Crippen LogP contribution in [0.5, 0.6) is 0 Å². The van der Waals surface area contributed by atoms with Crippen LogP contribution < -0.4 is 4.90 Å². The zero-order valence-corrected chi connectivity index (χ0v) is 10.9. The Morgan fingerprint density at radius 2 is 2.25 bits per heavy atom. The second kappa shape index (κ2) is 5.66. The molecule has 0 saturated carbocycles. The summed E-state index contributed by atoms with van der Waals surface area (Å²) in [7, 11) is 1.88. The maximum absolute atomic E-state index is 11.4. The van der Waals surface area contributed by atoms with Crippen LogP contribution in [0, 0.1) is 11.3 Å². The van der Waals surface area contributed by atoms with E-state index < -0.39 is 0 Å². The van der Waals surface area contributed by atoms with Gasteiger partial charge in [-0.05, 0) is 25.1 Å². The van der Waals surface area contributed by atoms with Gasteiger partial charge in [0, 0.05) is 29.3 Å². The highest BCUT2D eigenvalue weighted by molar-refractivity contribution is 9.10. The highest BCUT2D eigenvalue weighted by Crippen LogP contribution is 2.24.